The van der Waals surface area contributed by atoms with Gasteiger partial charge >= 0.3 is 0 Å². The van der Waals surface area contributed by atoms with Gasteiger partial charge in [-0.2, -0.15) is 5.10 Å². The Morgan fingerprint density at radius 3 is 2.89 bits per heavy atom. The number of hydrogen-bond acceptors (Lipinski definition) is 5. The van der Waals surface area contributed by atoms with E-state index in [1.165, 1.54) is 17.1 Å². The van der Waals surface area contributed by atoms with Crippen molar-refractivity contribution in [2.75, 3.05) is 26.4 Å². The lowest BCUT2D eigenvalue weighted by Gasteiger charge is -2.07. The first-order valence-electron chi connectivity index (χ1n) is 6.16. The van der Waals surface area contributed by atoms with Crippen LogP contribution < -0.4 is 4.72 Å². The molecule has 0 bridgehead atoms. The summed E-state index contributed by atoms with van der Waals surface area (Å²) in [6.07, 6.45) is 2.64. The van der Waals surface area contributed by atoms with Gasteiger partial charge in [0.05, 0.1) is 26.0 Å². The Balaban J connectivity index is 2.42. The highest BCUT2D eigenvalue weighted by Gasteiger charge is 2.15. The zero-order valence-corrected chi connectivity index (χ0v) is 12.1. The average molecular weight is 291 g/mol. The highest BCUT2D eigenvalue weighted by molar-refractivity contribution is 7.89. The standard InChI is InChI=1S/C11H21N3O4S/c1-10(2)9-18-6-3-13-19(16,17)11-7-12-14(8-11)4-5-15/h7-8,10,13,15H,3-6,9H2,1-2H3. The lowest BCUT2D eigenvalue weighted by Crippen LogP contribution is -2.27. The molecule has 0 amide bonds. The minimum Gasteiger partial charge on any atom is -0.394 e. The second-order valence-corrected chi connectivity index (χ2v) is 6.30. The monoisotopic (exact) mass is 291 g/mol. The van der Waals surface area contributed by atoms with Crippen molar-refractivity contribution < 1.29 is 18.3 Å². The van der Waals surface area contributed by atoms with Crippen LogP contribution in [-0.4, -0.2) is 49.7 Å². The van der Waals surface area contributed by atoms with Gasteiger partial charge in [-0.15, -0.1) is 0 Å². The molecule has 0 saturated heterocycles. The first-order valence-corrected chi connectivity index (χ1v) is 7.64. The molecule has 8 heteroatoms. The van der Waals surface area contributed by atoms with Gasteiger partial charge in [-0.25, -0.2) is 13.1 Å². The van der Waals surface area contributed by atoms with Crippen molar-refractivity contribution in [3.05, 3.63) is 12.4 Å². The van der Waals surface area contributed by atoms with Crippen molar-refractivity contribution in [2.24, 2.45) is 5.92 Å². The third-order valence-corrected chi connectivity index (χ3v) is 3.65. The van der Waals surface area contributed by atoms with E-state index in [9.17, 15) is 8.42 Å². The van der Waals surface area contributed by atoms with Crippen LogP contribution in [0.2, 0.25) is 0 Å². The zero-order valence-electron chi connectivity index (χ0n) is 11.2. The molecule has 0 spiro atoms. The van der Waals surface area contributed by atoms with Gasteiger partial charge in [-0.1, -0.05) is 13.8 Å². The first kappa shape index (κ1) is 16.1. The summed E-state index contributed by atoms with van der Waals surface area (Å²) in [6.45, 7) is 5.41. The van der Waals surface area contributed by atoms with E-state index < -0.39 is 10.0 Å². The number of sulfonamides is 1. The molecule has 1 rings (SSSR count). The number of nitrogens with zero attached hydrogens (tertiary/aromatic N) is 2. The van der Waals surface area contributed by atoms with E-state index in [0.29, 0.717) is 19.1 Å². The van der Waals surface area contributed by atoms with Gasteiger partial charge in [0, 0.05) is 19.3 Å². The summed E-state index contributed by atoms with van der Waals surface area (Å²) in [7, 11) is -3.55. The molecular formula is C11H21N3O4S. The summed E-state index contributed by atoms with van der Waals surface area (Å²) in [5.74, 6) is 0.424. The largest absolute Gasteiger partial charge is 0.394 e. The molecule has 0 aromatic carbocycles. The Morgan fingerprint density at radius 2 is 2.26 bits per heavy atom. The van der Waals surface area contributed by atoms with Crippen LogP contribution in [0.4, 0.5) is 0 Å². The molecule has 0 fully saturated rings. The second-order valence-electron chi connectivity index (χ2n) is 4.53. The highest BCUT2D eigenvalue weighted by Crippen LogP contribution is 2.06. The molecule has 0 radical (unpaired) electrons. The molecule has 0 saturated carbocycles. The van der Waals surface area contributed by atoms with Crippen LogP contribution >= 0.6 is 0 Å². The van der Waals surface area contributed by atoms with Gasteiger partial charge in [0.15, 0.2) is 0 Å². The number of ether oxygens (including phenoxy) is 1. The van der Waals surface area contributed by atoms with E-state index in [0.717, 1.165) is 0 Å². The molecular weight excluding hydrogens is 270 g/mol. The molecule has 1 aromatic rings. The summed E-state index contributed by atoms with van der Waals surface area (Å²) in [4.78, 5) is 0.0878. The van der Waals surface area contributed by atoms with Gasteiger partial charge in [0.2, 0.25) is 10.0 Å². The van der Waals surface area contributed by atoms with E-state index in [-0.39, 0.29) is 24.6 Å². The number of nitrogens with one attached hydrogen (secondary N) is 1. The molecule has 1 aromatic heterocycles. The number of aromatic nitrogens is 2. The molecule has 7 nitrogen and oxygen atoms in total. The summed E-state index contributed by atoms with van der Waals surface area (Å²) in [6, 6.07) is 0. The Hall–Kier alpha value is -0.960. The molecule has 0 unspecified atom stereocenters. The van der Waals surface area contributed by atoms with Crippen molar-refractivity contribution in [1.29, 1.82) is 0 Å². The maximum Gasteiger partial charge on any atom is 0.243 e. The molecule has 0 aliphatic heterocycles. The molecule has 0 aliphatic carbocycles. The topological polar surface area (TPSA) is 93.5 Å². The predicted molar refractivity (Wildman–Crippen MR) is 70.2 cm³/mol. The van der Waals surface area contributed by atoms with Crippen molar-refractivity contribution in [3.8, 4) is 0 Å². The summed E-state index contributed by atoms with van der Waals surface area (Å²) < 4.78 is 32.8. The lowest BCUT2D eigenvalue weighted by molar-refractivity contribution is 0.114. The summed E-state index contributed by atoms with van der Waals surface area (Å²) >= 11 is 0. The van der Waals surface area contributed by atoms with Gasteiger partial charge in [0.1, 0.15) is 4.90 Å². The molecule has 19 heavy (non-hydrogen) atoms. The lowest BCUT2D eigenvalue weighted by atomic mass is 10.2. The van der Waals surface area contributed by atoms with Crippen molar-refractivity contribution in [3.63, 3.8) is 0 Å². The molecule has 1 heterocycles. The molecule has 2 N–H and O–H groups in total. The average Bonchev–Trinajstić information content (AvgIpc) is 2.78. The van der Waals surface area contributed by atoms with Crippen LogP contribution in [-0.2, 0) is 21.3 Å². The summed E-state index contributed by atoms with van der Waals surface area (Å²) in [5.41, 5.74) is 0. The Labute approximate surface area is 113 Å². The second kappa shape index (κ2) is 7.59. The fourth-order valence-corrected chi connectivity index (χ4v) is 2.32. The normalized spacial score (nSPS) is 12.2. The van der Waals surface area contributed by atoms with E-state index >= 15 is 0 Å². The fraction of sp³-hybridized carbons (Fsp3) is 0.727. The fourth-order valence-electron chi connectivity index (χ4n) is 1.36. The van der Waals surface area contributed by atoms with Gasteiger partial charge in [0.25, 0.3) is 0 Å². The summed E-state index contributed by atoms with van der Waals surface area (Å²) in [5, 5.41) is 12.6. The third-order valence-electron chi connectivity index (χ3n) is 2.24. The quantitative estimate of drug-likeness (QED) is 0.616. The minimum atomic E-state index is -3.55. The van der Waals surface area contributed by atoms with Crippen LogP contribution in [0.5, 0.6) is 0 Å². The Morgan fingerprint density at radius 1 is 1.53 bits per heavy atom. The Bertz CT molecular complexity index is 470. The number of hydrogen-bond donors (Lipinski definition) is 2. The minimum absolute atomic E-state index is 0.0857. The van der Waals surface area contributed by atoms with E-state index in [2.05, 4.69) is 9.82 Å². The van der Waals surface area contributed by atoms with Crippen LogP contribution in [0.25, 0.3) is 0 Å². The molecule has 110 valence electrons. The smallest absolute Gasteiger partial charge is 0.243 e. The van der Waals surface area contributed by atoms with Crippen LogP contribution in [0, 0.1) is 5.92 Å². The highest BCUT2D eigenvalue weighted by atomic mass is 32.2. The number of aliphatic hydroxyl groups is 1. The van der Waals surface area contributed by atoms with Crippen LogP contribution in [0.3, 0.4) is 0 Å². The predicted octanol–water partition coefficient (Wildman–Crippen LogP) is -0.174. The van der Waals surface area contributed by atoms with E-state index in [4.69, 9.17) is 9.84 Å². The number of aliphatic hydroxyl groups excluding tert-OH is 1. The number of rotatable bonds is 9. The molecule has 0 aliphatic rings. The zero-order chi connectivity index (χ0) is 14.3. The van der Waals surface area contributed by atoms with Crippen molar-refractivity contribution >= 4 is 10.0 Å². The van der Waals surface area contributed by atoms with Crippen molar-refractivity contribution in [1.82, 2.24) is 14.5 Å². The molecule has 0 atom stereocenters. The first-order chi connectivity index (χ1) is 8.95. The van der Waals surface area contributed by atoms with Gasteiger partial charge < -0.3 is 9.84 Å². The third kappa shape index (κ3) is 5.68. The van der Waals surface area contributed by atoms with Gasteiger partial charge in [-0.3, -0.25) is 4.68 Å². The SMILES string of the molecule is CC(C)COCCNS(=O)(=O)c1cnn(CCO)c1. The maximum atomic E-state index is 11.9. The van der Waals surface area contributed by atoms with Crippen molar-refractivity contribution in [2.45, 2.75) is 25.3 Å². The Kier molecular flexibility index (Phi) is 6.43. The maximum absolute atomic E-state index is 11.9. The van der Waals surface area contributed by atoms with Crippen LogP contribution in [0.1, 0.15) is 13.8 Å². The van der Waals surface area contributed by atoms with Crippen LogP contribution in [0.15, 0.2) is 17.3 Å². The van der Waals surface area contributed by atoms with E-state index in [1.807, 2.05) is 13.8 Å². The van der Waals surface area contributed by atoms with Gasteiger partial charge in [-0.05, 0) is 5.92 Å². The van der Waals surface area contributed by atoms with E-state index in [1.54, 1.807) is 0 Å².